The molecule has 0 aliphatic rings. The minimum absolute atomic E-state index is 0.246. The van der Waals surface area contributed by atoms with Gasteiger partial charge in [0.15, 0.2) is 0 Å². The van der Waals surface area contributed by atoms with E-state index in [1.807, 2.05) is 6.26 Å². The molecule has 4 nitrogen and oxygen atoms in total. The van der Waals surface area contributed by atoms with E-state index in [0.717, 1.165) is 12.3 Å². The summed E-state index contributed by atoms with van der Waals surface area (Å²) in [6.45, 7) is 0.772. The maximum absolute atomic E-state index is 10.7. The van der Waals surface area contributed by atoms with Crippen molar-refractivity contribution < 1.29 is 9.90 Å². The number of nitrogen functional groups attached to an aromatic ring is 1. The van der Waals surface area contributed by atoms with Gasteiger partial charge in [-0.1, -0.05) is 0 Å². The minimum atomic E-state index is -0.942. The van der Waals surface area contributed by atoms with Crippen LogP contribution in [0.4, 0.5) is 11.4 Å². The number of nitrogens with one attached hydrogen (secondary N) is 1. The molecule has 0 heterocycles. The van der Waals surface area contributed by atoms with Crippen LogP contribution in [-0.2, 0) is 0 Å². The molecule has 1 aromatic rings. The van der Waals surface area contributed by atoms with Gasteiger partial charge in [-0.05, 0) is 24.5 Å². The third kappa shape index (κ3) is 3.36. The van der Waals surface area contributed by atoms with Crippen LogP contribution in [-0.4, -0.2) is 29.6 Å². The number of hydrogen-bond acceptors (Lipinski definition) is 4. The van der Waals surface area contributed by atoms with Crippen molar-refractivity contribution in [2.24, 2.45) is 0 Å². The standard InChI is InChI=1S/C10H14N2O2S/c1-15-5-4-12-9-6-7(10(13)14)2-3-8(9)11/h2-3,6,12H,4-5,11H2,1H3,(H,13,14). The Bertz CT molecular complexity index is 355. The van der Waals surface area contributed by atoms with Crippen molar-refractivity contribution in [2.45, 2.75) is 0 Å². The molecular formula is C10H14N2O2S. The van der Waals surface area contributed by atoms with Gasteiger partial charge in [0.25, 0.3) is 0 Å². The molecule has 0 radical (unpaired) electrons. The first-order valence-corrected chi connectivity index (χ1v) is 5.90. The zero-order valence-corrected chi connectivity index (χ0v) is 9.30. The van der Waals surface area contributed by atoms with Crippen LogP contribution in [0.5, 0.6) is 0 Å². The summed E-state index contributed by atoms with van der Waals surface area (Å²) in [5.74, 6) is 0.0134. The highest BCUT2D eigenvalue weighted by Crippen LogP contribution is 2.19. The lowest BCUT2D eigenvalue weighted by atomic mass is 10.2. The van der Waals surface area contributed by atoms with Gasteiger partial charge in [0, 0.05) is 12.3 Å². The number of nitrogens with two attached hydrogens (primary N) is 1. The molecule has 5 heteroatoms. The lowest BCUT2D eigenvalue weighted by Crippen LogP contribution is -2.07. The van der Waals surface area contributed by atoms with Gasteiger partial charge in [-0.15, -0.1) is 0 Å². The highest BCUT2D eigenvalue weighted by atomic mass is 32.2. The molecule has 0 amide bonds. The highest BCUT2D eigenvalue weighted by Gasteiger charge is 2.05. The molecular weight excluding hydrogens is 212 g/mol. The van der Waals surface area contributed by atoms with Crippen LogP contribution in [0.1, 0.15) is 10.4 Å². The van der Waals surface area contributed by atoms with Crippen LogP contribution < -0.4 is 11.1 Å². The van der Waals surface area contributed by atoms with E-state index in [9.17, 15) is 4.79 Å². The van der Waals surface area contributed by atoms with Crippen molar-refractivity contribution in [1.29, 1.82) is 0 Å². The number of carboxylic acids is 1. The third-order valence-corrected chi connectivity index (χ3v) is 2.53. The molecule has 0 aliphatic heterocycles. The van der Waals surface area contributed by atoms with Gasteiger partial charge < -0.3 is 16.2 Å². The number of benzene rings is 1. The quantitative estimate of drug-likeness (QED) is 0.526. The number of rotatable bonds is 5. The summed E-state index contributed by atoms with van der Waals surface area (Å²) in [6, 6.07) is 4.65. The molecule has 0 spiro atoms. The van der Waals surface area contributed by atoms with Gasteiger partial charge in [-0.25, -0.2) is 4.79 Å². The fourth-order valence-electron chi connectivity index (χ4n) is 1.13. The second-order valence-corrected chi connectivity index (χ2v) is 4.01. The third-order valence-electron chi connectivity index (χ3n) is 1.92. The Morgan fingerprint density at radius 3 is 2.93 bits per heavy atom. The van der Waals surface area contributed by atoms with E-state index in [2.05, 4.69) is 5.32 Å². The molecule has 0 fully saturated rings. The summed E-state index contributed by atoms with van der Waals surface area (Å²) in [5.41, 5.74) is 7.21. The van der Waals surface area contributed by atoms with Crippen LogP contribution in [0.2, 0.25) is 0 Å². The first kappa shape index (κ1) is 11.7. The van der Waals surface area contributed by atoms with E-state index in [-0.39, 0.29) is 5.56 Å². The number of thioether (sulfide) groups is 1. The molecule has 82 valence electrons. The average molecular weight is 226 g/mol. The molecule has 0 atom stereocenters. The Hall–Kier alpha value is -1.36. The Morgan fingerprint density at radius 1 is 1.60 bits per heavy atom. The Morgan fingerprint density at radius 2 is 2.33 bits per heavy atom. The van der Waals surface area contributed by atoms with Gasteiger partial charge in [-0.2, -0.15) is 11.8 Å². The van der Waals surface area contributed by atoms with Gasteiger partial charge in [0.2, 0.25) is 0 Å². The maximum atomic E-state index is 10.7. The second kappa shape index (κ2) is 5.50. The highest BCUT2D eigenvalue weighted by molar-refractivity contribution is 7.98. The molecule has 4 N–H and O–H groups in total. The summed E-state index contributed by atoms with van der Waals surface area (Å²) in [6.07, 6.45) is 2.01. The van der Waals surface area contributed by atoms with Gasteiger partial charge in [0.1, 0.15) is 0 Å². The van der Waals surface area contributed by atoms with E-state index in [1.165, 1.54) is 6.07 Å². The smallest absolute Gasteiger partial charge is 0.335 e. The normalized spacial score (nSPS) is 9.93. The zero-order valence-electron chi connectivity index (χ0n) is 8.49. The molecule has 0 aliphatic carbocycles. The van der Waals surface area contributed by atoms with Crippen molar-refractivity contribution in [1.82, 2.24) is 0 Å². The lowest BCUT2D eigenvalue weighted by molar-refractivity contribution is 0.0697. The van der Waals surface area contributed by atoms with E-state index in [1.54, 1.807) is 23.9 Å². The fourth-order valence-corrected chi connectivity index (χ4v) is 1.44. The SMILES string of the molecule is CSCCNc1cc(C(=O)O)ccc1N. The van der Waals surface area contributed by atoms with Gasteiger partial charge >= 0.3 is 5.97 Å². The first-order chi connectivity index (χ1) is 7.15. The number of anilines is 2. The number of aromatic carboxylic acids is 1. The Labute approximate surface area is 92.9 Å². The van der Waals surface area contributed by atoms with Gasteiger partial charge in [0.05, 0.1) is 16.9 Å². The molecule has 1 rings (SSSR count). The predicted molar refractivity (Wildman–Crippen MR) is 64.7 cm³/mol. The monoisotopic (exact) mass is 226 g/mol. The summed E-state index contributed by atoms with van der Waals surface area (Å²) < 4.78 is 0. The van der Waals surface area contributed by atoms with Crippen LogP contribution in [0, 0.1) is 0 Å². The first-order valence-electron chi connectivity index (χ1n) is 4.50. The summed E-state index contributed by atoms with van der Waals surface area (Å²) in [5, 5.41) is 11.9. The lowest BCUT2D eigenvalue weighted by Gasteiger charge is -2.09. The predicted octanol–water partition coefficient (Wildman–Crippen LogP) is 1.74. The van der Waals surface area contributed by atoms with E-state index < -0.39 is 5.97 Å². The summed E-state index contributed by atoms with van der Waals surface area (Å²) >= 11 is 1.72. The fraction of sp³-hybridized carbons (Fsp3) is 0.300. The van der Waals surface area contributed by atoms with Crippen LogP contribution in [0.15, 0.2) is 18.2 Å². The molecule has 15 heavy (non-hydrogen) atoms. The summed E-state index contributed by atoms with van der Waals surface area (Å²) in [4.78, 5) is 10.7. The second-order valence-electron chi connectivity index (χ2n) is 3.03. The molecule has 0 saturated carbocycles. The van der Waals surface area contributed by atoms with Crippen LogP contribution >= 0.6 is 11.8 Å². The Balaban J connectivity index is 2.76. The van der Waals surface area contributed by atoms with Crippen molar-refractivity contribution in [3.8, 4) is 0 Å². The van der Waals surface area contributed by atoms with E-state index in [4.69, 9.17) is 10.8 Å². The molecule has 0 saturated heterocycles. The van der Waals surface area contributed by atoms with Gasteiger partial charge in [-0.3, -0.25) is 0 Å². The van der Waals surface area contributed by atoms with Crippen molar-refractivity contribution >= 4 is 29.1 Å². The topological polar surface area (TPSA) is 75.3 Å². The molecule has 1 aromatic carbocycles. The summed E-state index contributed by atoms with van der Waals surface area (Å²) in [7, 11) is 0. The van der Waals surface area contributed by atoms with Crippen LogP contribution in [0.25, 0.3) is 0 Å². The van der Waals surface area contributed by atoms with E-state index in [0.29, 0.717) is 11.4 Å². The largest absolute Gasteiger partial charge is 0.478 e. The van der Waals surface area contributed by atoms with Crippen LogP contribution in [0.3, 0.4) is 0 Å². The number of hydrogen-bond donors (Lipinski definition) is 3. The van der Waals surface area contributed by atoms with E-state index >= 15 is 0 Å². The molecule has 0 unspecified atom stereocenters. The zero-order chi connectivity index (χ0) is 11.3. The average Bonchev–Trinajstić information content (AvgIpc) is 2.20. The number of carbonyl (C=O) groups is 1. The van der Waals surface area contributed by atoms with Crippen molar-refractivity contribution in [2.75, 3.05) is 29.6 Å². The van der Waals surface area contributed by atoms with Crippen molar-refractivity contribution in [3.63, 3.8) is 0 Å². The number of carboxylic acid groups (broad SMARTS) is 1. The minimum Gasteiger partial charge on any atom is -0.478 e. The van der Waals surface area contributed by atoms with Crippen molar-refractivity contribution in [3.05, 3.63) is 23.8 Å². The Kier molecular flexibility index (Phi) is 4.30. The molecule has 0 aromatic heterocycles. The maximum Gasteiger partial charge on any atom is 0.335 e. The molecule has 0 bridgehead atoms.